The lowest BCUT2D eigenvalue weighted by molar-refractivity contribution is 0.112. The van der Waals surface area contributed by atoms with Gasteiger partial charge in [-0.25, -0.2) is 0 Å². The number of ether oxygens (including phenoxy) is 1. The first-order valence-electron chi connectivity index (χ1n) is 4.40. The molecule has 1 aromatic rings. The van der Waals surface area contributed by atoms with Crippen LogP contribution in [0, 0.1) is 12.3 Å². The Kier molecular flexibility index (Phi) is 3.39. The molecule has 15 heavy (non-hydrogen) atoms. The largest absolute Gasteiger partial charge is 0.475 e. The third-order valence-corrected chi connectivity index (χ3v) is 2.15. The fraction of sp³-hybridized carbons (Fsp3) is 0.250. The highest BCUT2D eigenvalue weighted by molar-refractivity contribution is 6.33. The lowest BCUT2D eigenvalue weighted by Crippen LogP contribution is -2.25. The number of rotatable bonds is 3. The second-order valence-corrected chi connectivity index (χ2v) is 3.97. The van der Waals surface area contributed by atoms with Crippen molar-refractivity contribution in [2.24, 2.45) is 0 Å². The molecule has 0 aliphatic carbocycles. The molecule has 3 heteroatoms. The summed E-state index contributed by atoms with van der Waals surface area (Å²) in [6, 6.07) is 4.83. The van der Waals surface area contributed by atoms with E-state index in [0.29, 0.717) is 22.6 Å². The van der Waals surface area contributed by atoms with Crippen LogP contribution >= 0.6 is 11.6 Å². The Labute approximate surface area is 94.2 Å². The van der Waals surface area contributed by atoms with Crippen LogP contribution in [0.3, 0.4) is 0 Å². The average molecular weight is 223 g/mol. The van der Waals surface area contributed by atoms with Crippen molar-refractivity contribution in [3.05, 3.63) is 28.8 Å². The van der Waals surface area contributed by atoms with Gasteiger partial charge in [0.1, 0.15) is 5.75 Å². The molecule has 0 heterocycles. The monoisotopic (exact) mass is 222 g/mol. The third-order valence-electron chi connectivity index (χ3n) is 1.82. The van der Waals surface area contributed by atoms with Crippen LogP contribution in [0.15, 0.2) is 18.2 Å². The average Bonchev–Trinajstić information content (AvgIpc) is 2.17. The Balaban J connectivity index is 2.95. The van der Waals surface area contributed by atoms with Gasteiger partial charge in [0.15, 0.2) is 11.9 Å². The van der Waals surface area contributed by atoms with Crippen molar-refractivity contribution in [1.29, 1.82) is 0 Å². The van der Waals surface area contributed by atoms with E-state index in [0.717, 1.165) is 0 Å². The van der Waals surface area contributed by atoms with Crippen molar-refractivity contribution in [2.45, 2.75) is 19.4 Å². The summed E-state index contributed by atoms with van der Waals surface area (Å²) in [6.07, 6.45) is 5.98. The second-order valence-electron chi connectivity index (χ2n) is 3.56. The van der Waals surface area contributed by atoms with E-state index in [1.54, 1.807) is 32.0 Å². The lowest BCUT2D eigenvalue weighted by atomic mass is 10.1. The Morgan fingerprint density at radius 1 is 1.53 bits per heavy atom. The van der Waals surface area contributed by atoms with E-state index in [1.165, 1.54) is 0 Å². The molecule has 0 saturated heterocycles. The van der Waals surface area contributed by atoms with Gasteiger partial charge in [-0.3, -0.25) is 4.79 Å². The number of hydrogen-bond donors (Lipinski definition) is 0. The molecule has 1 rings (SSSR count). The Morgan fingerprint density at radius 3 is 2.67 bits per heavy atom. The SMILES string of the molecule is C#CC(C)(C)Oc1ccc(C=O)c(Cl)c1. The maximum Gasteiger partial charge on any atom is 0.163 e. The minimum Gasteiger partial charge on any atom is -0.475 e. The van der Waals surface area contributed by atoms with Crippen molar-refractivity contribution < 1.29 is 9.53 Å². The van der Waals surface area contributed by atoms with Crippen LogP contribution in [0.25, 0.3) is 0 Å². The van der Waals surface area contributed by atoms with Gasteiger partial charge in [0.25, 0.3) is 0 Å². The van der Waals surface area contributed by atoms with Crippen molar-refractivity contribution in [1.82, 2.24) is 0 Å². The summed E-state index contributed by atoms with van der Waals surface area (Å²) in [5.41, 5.74) is -0.256. The van der Waals surface area contributed by atoms with Gasteiger partial charge in [-0.1, -0.05) is 17.5 Å². The molecule has 0 fully saturated rings. The molecule has 0 radical (unpaired) electrons. The minimum atomic E-state index is -0.688. The zero-order chi connectivity index (χ0) is 11.5. The first-order valence-corrected chi connectivity index (χ1v) is 4.78. The standard InChI is InChI=1S/C12H11ClO2/c1-4-12(2,3)15-10-6-5-9(8-14)11(13)7-10/h1,5-8H,2-3H3. The van der Waals surface area contributed by atoms with Crippen molar-refractivity contribution in [3.8, 4) is 18.1 Å². The smallest absolute Gasteiger partial charge is 0.163 e. The van der Waals surface area contributed by atoms with Gasteiger partial charge >= 0.3 is 0 Å². The second kappa shape index (κ2) is 4.37. The predicted molar refractivity (Wildman–Crippen MR) is 60.4 cm³/mol. The quantitative estimate of drug-likeness (QED) is 0.581. The molecule has 0 unspecified atom stereocenters. The van der Waals surface area contributed by atoms with Gasteiger partial charge < -0.3 is 4.74 Å². The summed E-state index contributed by atoms with van der Waals surface area (Å²) >= 11 is 5.84. The molecule has 1 aromatic carbocycles. The van der Waals surface area contributed by atoms with E-state index in [-0.39, 0.29) is 0 Å². The fourth-order valence-electron chi connectivity index (χ4n) is 0.991. The summed E-state index contributed by atoms with van der Waals surface area (Å²) in [7, 11) is 0. The van der Waals surface area contributed by atoms with E-state index in [4.69, 9.17) is 22.8 Å². The molecule has 0 aliphatic heterocycles. The van der Waals surface area contributed by atoms with E-state index >= 15 is 0 Å². The van der Waals surface area contributed by atoms with Crippen molar-refractivity contribution in [3.63, 3.8) is 0 Å². The molecular formula is C12H11ClO2. The molecular weight excluding hydrogens is 212 g/mol. The fourth-order valence-corrected chi connectivity index (χ4v) is 1.21. The number of benzene rings is 1. The number of halogens is 1. The summed E-state index contributed by atoms with van der Waals surface area (Å²) < 4.78 is 5.49. The first-order chi connectivity index (χ1) is 6.98. The highest BCUT2D eigenvalue weighted by Crippen LogP contribution is 2.24. The molecule has 0 bridgehead atoms. The summed E-state index contributed by atoms with van der Waals surface area (Å²) in [5.74, 6) is 3.05. The predicted octanol–water partition coefficient (Wildman–Crippen LogP) is 2.94. The van der Waals surface area contributed by atoms with E-state index < -0.39 is 5.60 Å². The Hall–Kier alpha value is -1.46. The topological polar surface area (TPSA) is 26.3 Å². The van der Waals surface area contributed by atoms with Crippen LogP contribution in [0.4, 0.5) is 0 Å². The van der Waals surface area contributed by atoms with Gasteiger partial charge in [0, 0.05) is 5.56 Å². The highest BCUT2D eigenvalue weighted by atomic mass is 35.5. The number of hydrogen-bond acceptors (Lipinski definition) is 2. The molecule has 78 valence electrons. The maximum atomic E-state index is 10.5. The zero-order valence-corrected chi connectivity index (χ0v) is 9.34. The van der Waals surface area contributed by atoms with E-state index in [2.05, 4.69) is 5.92 Å². The molecule has 2 nitrogen and oxygen atoms in total. The van der Waals surface area contributed by atoms with Gasteiger partial charge in [-0.05, 0) is 32.0 Å². The molecule has 0 atom stereocenters. The van der Waals surface area contributed by atoms with Gasteiger partial charge in [0.05, 0.1) is 5.02 Å². The number of carbonyl (C=O) groups is 1. The van der Waals surface area contributed by atoms with Gasteiger partial charge in [-0.15, -0.1) is 6.42 Å². The van der Waals surface area contributed by atoms with Crippen LogP contribution in [0.5, 0.6) is 5.75 Å². The molecule has 0 aromatic heterocycles. The van der Waals surface area contributed by atoms with Gasteiger partial charge in [0.2, 0.25) is 0 Å². The van der Waals surface area contributed by atoms with Gasteiger partial charge in [-0.2, -0.15) is 0 Å². The zero-order valence-electron chi connectivity index (χ0n) is 8.58. The number of carbonyl (C=O) groups excluding carboxylic acids is 1. The molecule has 0 amide bonds. The number of terminal acetylenes is 1. The molecule has 0 aliphatic rings. The van der Waals surface area contributed by atoms with Crippen LogP contribution in [-0.4, -0.2) is 11.9 Å². The minimum absolute atomic E-state index is 0.357. The Bertz CT molecular complexity index is 416. The van der Waals surface area contributed by atoms with Crippen LogP contribution in [-0.2, 0) is 0 Å². The normalized spacial score (nSPS) is 10.5. The maximum absolute atomic E-state index is 10.5. The Morgan fingerprint density at radius 2 is 2.20 bits per heavy atom. The van der Waals surface area contributed by atoms with E-state index in [1.807, 2.05) is 0 Å². The van der Waals surface area contributed by atoms with E-state index in [9.17, 15) is 4.79 Å². The van der Waals surface area contributed by atoms with Crippen LogP contribution in [0.1, 0.15) is 24.2 Å². The number of aldehydes is 1. The third kappa shape index (κ3) is 3.00. The summed E-state index contributed by atoms with van der Waals surface area (Å²) in [6.45, 7) is 3.54. The molecule has 0 spiro atoms. The first kappa shape index (κ1) is 11.6. The molecule has 0 saturated carbocycles. The summed E-state index contributed by atoms with van der Waals surface area (Å²) in [4.78, 5) is 10.5. The van der Waals surface area contributed by atoms with Crippen LogP contribution < -0.4 is 4.74 Å². The van der Waals surface area contributed by atoms with Crippen molar-refractivity contribution >= 4 is 17.9 Å². The lowest BCUT2D eigenvalue weighted by Gasteiger charge is -2.20. The van der Waals surface area contributed by atoms with Crippen molar-refractivity contribution in [2.75, 3.05) is 0 Å². The summed E-state index contributed by atoms with van der Waals surface area (Å²) in [5, 5.41) is 0.357. The highest BCUT2D eigenvalue weighted by Gasteiger charge is 2.15. The van der Waals surface area contributed by atoms with Crippen LogP contribution in [0.2, 0.25) is 5.02 Å². The molecule has 0 N–H and O–H groups in total.